The maximum atomic E-state index is 9.80. The van der Waals surface area contributed by atoms with Crippen LogP contribution in [0.15, 0.2) is 18.2 Å². The minimum absolute atomic E-state index is 0.234. The number of nitrogens with zero attached hydrogens (tertiary/aromatic N) is 1. The maximum absolute atomic E-state index is 9.80. The van der Waals surface area contributed by atoms with Crippen molar-refractivity contribution < 1.29 is 9.84 Å². The first-order chi connectivity index (χ1) is 8.70. The molecule has 0 radical (unpaired) electrons. The van der Waals surface area contributed by atoms with Gasteiger partial charge in [0.15, 0.2) is 11.5 Å². The lowest BCUT2D eigenvalue weighted by Gasteiger charge is -2.27. The molecule has 0 aromatic heterocycles. The van der Waals surface area contributed by atoms with E-state index in [4.69, 9.17) is 4.74 Å². The van der Waals surface area contributed by atoms with E-state index in [2.05, 4.69) is 11.8 Å². The molecule has 1 aromatic rings. The minimum Gasteiger partial charge on any atom is -0.504 e. The Kier molecular flexibility index (Phi) is 4.48. The molecular formula is C15H23NO2. The standard InChI is InChI=1S/C15H23NO2/c1-12-6-4-3-5-9-16(12)11-13-7-8-15(18-2)14(17)10-13/h7-8,10,12,17H,3-6,9,11H2,1-2H3. The number of phenolic OH excluding ortho intramolecular Hbond substituents is 1. The molecule has 1 aliphatic heterocycles. The number of aromatic hydroxyl groups is 1. The predicted octanol–water partition coefficient (Wildman–Crippen LogP) is 3.17. The Labute approximate surface area is 109 Å². The third-order valence-electron chi connectivity index (χ3n) is 3.82. The zero-order chi connectivity index (χ0) is 13.0. The second-order valence-corrected chi connectivity index (χ2v) is 5.18. The SMILES string of the molecule is COc1ccc(CN2CCCCCC2C)cc1O. The van der Waals surface area contributed by atoms with Crippen molar-refractivity contribution >= 4 is 0 Å². The van der Waals surface area contributed by atoms with Gasteiger partial charge in [-0.15, -0.1) is 0 Å². The number of likely N-dealkylation sites (tertiary alicyclic amines) is 1. The molecule has 100 valence electrons. The Morgan fingerprint density at radius 3 is 2.89 bits per heavy atom. The topological polar surface area (TPSA) is 32.7 Å². The van der Waals surface area contributed by atoms with Crippen LogP contribution in [0, 0.1) is 0 Å². The van der Waals surface area contributed by atoms with E-state index in [-0.39, 0.29) is 5.75 Å². The van der Waals surface area contributed by atoms with E-state index in [0.29, 0.717) is 11.8 Å². The van der Waals surface area contributed by atoms with Gasteiger partial charge in [0.1, 0.15) is 0 Å². The van der Waals surface area contributed by atoms with Crippen molar-refractivity contribution in [3.05, 3.63) is 23.8 Å². The van der Waals surface area contributed by atoms with Crippen LogP contribution >= 0.6 is 0 Å². The highest BCUT2D eigenvalue weighted by Gasteiger charge is 2.17. The molecule has 1 heterocycles. The Balaban J connectivity index is 2.05. The summed E-state index contributed by atoms with van der Waals surface area (Å²) in [5, 5.41) is 9.80. The zero-order valence-corrected chi connectivity index (χ0v) is 11.4. The summed E-state index contributed by atoms with van der Waals surface area (Å²) in [5.74, 6) is 0.778. The largest absolute Gasteiger partial charge is 0.504 e. The van der Waals surface area contributed by atoms with Gasteiger partial charge in [-0.05, 0) is 44.0 Å². The van der Waals surface area contributed by atoms with Crippen LogP contribution in [0.3, 0.4) is 0 Å². The first-order valence-electron chi connectivity index (χ1n) is 6.80. The second-order valence-electron chi connectivity index (χ2n) is 5.18. The molecule has 0 spiro atoms. The van der Waals surface area contributed by atoms with Crippen LogP contribution in [0.4, 0.5) is 0 Å². The molecule has 2 rings (SSSR count). The molecule has 1 aliphatic rings. The van der Waals surface area contributed by atoms with Gasteiger partial charge >= 0.3 is 0 Å². The van der Waals surface area contributed by atoms with E-state index in [1.54, 1.807) is 7.11 Å². The Hall–Kier alpha value is -1.22. The molecule has 3 nitrogen and oxygen atoms in total. The third-order valence-corrected chi connectivity index (χ3v) is 3.82. The lowest BCUT2D eigenvalue weighted by molar-refractivity contribution is 0.204. The molecule has 1 fully saturated rings. The lowest BCUT2D eigenvalue weighted by Crippen LogP contribution is -2.31. The van der Waals surface area contributed by atoms with E-state index in [1.165, 1.54) is 25.7 Å². The molecule has 0 aliphatic carbocycles. The first kappa shape index (κ1) is 13.2. The van der Waals surface area contributed by atoms with Crippen LogP contribution in [0.25, 0.3) is 0 Å². The van der Waals surface area contributed by atoms with Crippen LogP contribution in [-0.2, 0) is 6.54 Å². The lowest BCUT2D eigenvalue weighted by atomic mass is 10.1. The predicted molar refractivity (Wildman–Crippen MR) is 73.0 cm³/mol. The molecule has 0 amide bonds. The van der Waals surface area contributed by atoms with Crippen LogP contribution in [0.1, 0.15) is 38.2 Å². The minimum atomic E-state index is 0.234. The number of methoxy groups -OCH3 is 1. The zero-order valence-electron chi connectivity index (χ0n) is 11.4. The molecule has 3 heteroatoms. The van der Waals surface area contributed by atoms with E-state index >= 15 is 0 Å². The fourth-order valence-electron chi connectivity index (χ4n) is 2.64. The smallest absolute Gasteiger partial charge is 0.160 e. The Morgan fingerprint density at radius 1 is 1.33 bits per heavy atom. The van der Waals surface area contributed by atoms with E-state index < -0.39 is 0 Å². The molecule has 1 aromatic carbocycles. The average Bonchev–Trinajstić information content (AvgIpc) is 2.55. The van der Waals surface area contributed by atoms with Gasteiger partial charge in [0.25, 0.3) is 0 Å². The number of benzene rings is 1. The second kappa shape index (κ2) is 6.10. The van der Waals surface area contributed by atoms with Gasteiger partial charge in [-0.3, -0.25) is 4.90 Å². The normalized spacial score (nSPS) is 21.6. The monoisotopic (exact) mass is 249 g/mol. The van der Waals surface area contributed by atoms with Crippen molar-refractivity contribution in [2.45, 2.75) is 45.2 Å². The van der Waals surface area contributed by atoms with E-state index in [9.17, 15) is 5.11 Å². The van der Waals surface area contributed by atoms with Gasteiger partial charge in [0, 0.05) is 12.6 Å². The van der Waals surface area contributed by atoms with Gasteiger partial charge < -0.3 is 9.84 Å². The Bertz CT molecular complexity index is 392. The van der Waals surface area contributed by atoms with Gasteiger partial charge in [0.05, 0.1) is 7.11 Å². The first-order valence-corrected chi connectivity index (χ1v) is 6.80. The number of hydrogen-bond acceptors (Lipinski definition) is 3. The molecule has 1 N–H and O–H groups in total. The Morgan fingerprint density at radius 2 is 2.17 bits per heavy atom. The van der Waals surface area contributed by atoms with Gasteiger partial charge in [-0.1, -0.05) is 18.9 Å². The number of phenols is 1. The van der Waals surface area contributed by atoms with Crippen molar-refractivity contribution in [1.82, 2.24) is 4.90 Å². The summed E-state index contributed by atoms with van der Waals surface area (Å²) in [6, 6.07) is 6.33. The van der Waals surface area contributed by atoms with Gasteiger partial charge in [-0.2, -0.15) is 0 Å². The van der Waals surface area contributed by atoms with Crippen molar-refractivity contribution in [3.63, 3.8) is 0 Å². The van der Waals surface area contributed by atoms with Crippen LogP contribution in [0.5, 0.6) is 11.5 Å². The number of ether oxygens (including phenoxy) is 1. The highest BCUT2D eigenvalue weighted by Crippen LogP contribution is 2.27. The molecule has 1 atom stereocenters. The van der Waals surface area contributed by atoms with E-state index in [0.717, 1.165) is 18.7 Å². The summed E-state index contributed by atoms with van der Waals surface area (Å²) in [6.07, 6.45) is 5.24. The van der Waals surface area contributed by atoms with Crippen molar-refractivity contribution in [2.24, 2.45) is 0 Å². The number of rotatable bonds is 3. The van der Waals surface area contributed by atoms with Crippen LogP contribution in [-0.4, -0.2) is 29.7 Å². The average molecular weight is 249 g/mol. The van der Waals surface area contributed by atoms with Gasteiger partial charge in [0.2, 0.25) is 0 Å². The van der Waals surface area contributed by atoms with E-state index in [1.807, 2.05) is 18.2 Å². The fraction of sp³-hybridized carbons (Fsp3) is 0.600. The maximum Gasteiger partial charge on any atom is 0.160 e. The van der Waals surface area contributed by atoms with Crippen LogP contribution < -0.4 is 4.74 Å². The molecular weight excluding hydrogens is 226 g/mol. The third kappa shape index (κ3) is 3.16. The molecule has 1 unspecified atom stereocenters. The highest BCUT2D eigenvalue weighted by molar-refractivity contribution is 5.41. The molecule has 0 bridgehead atoms. The number of hydrogen-bond donors (Lipinski definition) is 1. The summed E-state index contributed by atoms with van der Waals surface area (Å²) in [7, 11) is 1.58. The van der Waals surface area contributed by atoms with Crippen molar-refractivity contribution in [2.75, 3.05) is 13.7 Å². The molecule has 18 heavy (non-hydrogen) atoms. The van der Waals surface area contributed by atoms with Crippen molar-refractivity contribution in [1.29, 1.82) is 0 Å². The van der Waals surface area contributed by atoms with Crippen LogP contribution in [0.2, 0.25) is 0 Å². The molecule has 0 saturated carbocycles. The summed E-state index contributed by atoms with van der Waals surface area (Å²) in [5.41, 5.74) is 1.15. The summed E-state index contributed by atoms with van der Waals surface area (Å²) in [4.78, 5) is 2.51. The highest BCUT2D eigenvalue weighted by atomic mass is 16.5. The molecule has 1 saturated heterocycles. The van der Waals surface area contributed by atoms with Crippen molar-refractivity contribution in [3.8, 4) is 11.5 Å². The fourth-order valence-corrected chi connectivity index (χ4v) is 2.64. The quantitative estimate of drug-likeness (QED) is 0.893. The summed E-state index contributed by atoms with van der Waals surface area (Å²) < 4.78 is 5.07. The van der Waals surface area contributed by atoms with Gasteiger partial charge in [-0.25, -0.2) is 0 Å². The summed E-state index contributed by atoms with van der Waals surface area (Å²) >= 11 is 0. The summed E-state index contributed by atoms with van der Waals surface area (Å²) in [6.45, 7) is 4.38.